The molecule has 0 saturated heterocycles. The Labute approximate surface area is 108 Å². The van der Waals surface area contributed by atoms with Gasteiger partial charge in [-0.15, -0.1) is 0 Å². The molecule has 0 unspecified atom stereocenters. The normalized spacial score (nSPS) is 15.7. The first-order chi connectivity index (χ1) is 8.79. The number of ether oxygens (including phenoxy) is 1. The summed E-state index contributed by atoms with van der Waals surface area (Å²) in [7, 11) is 0. The number of anilines is 1. The van der Waals surface area contributed by atoms with Crippen LogP contribution in [0.4, 0.5) is 5.69 Å². The molecule has 1 aromatic carbocycles. The van der Waals surface area contributed by atoms with Crippen molar-refractivity contribution in [2.75, 3.05) is 32.0 Å². The fourth-order valence-corrected chi connectivity index (χ4v) is 2.20. The number of benzene rings is 1. The van der Waals surface area contributed by atoms with Gasteiger partial charge >= 0.3 is 0 Å². The van der Waals surface area contributed by atoms with Crippen LogP contribution in [0.15, 0.2) is 24.3 Å². The molecule has 1 aliphatic carbocycles. The van der Waals surface area contributed by atoms with E-state index in [9.17, 15) is 0 Å². The van der Waals surface area contributed by atoms with Gasteiger partial charge in [-0.3, -0.25) is 4.90 Å². The Hall–Kier alpha value is -1.26. The van der Waals surface area contributed by atoms with Crippen molar-refractivity contribution in [1.29, 1.82) is 0 Å². The summed E-state index contributed by atoms with van der Waals surface area (Å²) in [5.74, 6) is 0.849. The first-order valence-electron chi connectivity index (χ1n) is 6.63. The van der Waals surface area contributed by atoms with Gasteiger partial charge in [-0.05, 0) is 37.1 Å². The number of nitrogen functional groups attached to an aromatic ring is 1. The van der Waals surface area contributed by atoms with Gasteiger partial charge in [0.2, 0.25) is 0 Å². The summed E-state index contributed by atoms with van der Waals surface area (Å²) >= 11 is 0. The molecule has 1 aromatic rings. The largest absolute Gasteiger partial charge is 0.492 e. The maximum Gasteiger partial charge on any atom is 0.119 e. The van der Waals surface area contributed by atoms with E-state index in [0.717, 1.165) is 24.5 Å². The lowest BCUT2D eigenvalue weighted by Crippen LogP contribution is -2.43. The Morgan fingerprint density at radius 2 is 1.94 bits per heavy atom. The third-order valence-electron chi connectivity index (χ3n) is 3.51. The molecule has 4 heteroatoms. The molecule has 1 fully saturated rings. The Balaban J connectivity index is 1.73. The zero-order chi connectivity index (χ0) is 12.8. The lowest BCUT2D eigenvalue weighted by atomic mass is 9.91. The fourth-order valence-electron chi connectivity index (χ4n) is 2.20. The van der Waals surface area contributed by atoms with Crippen molar-refractivity contribution in [3.05, 3.63) is 24.3 Å². The van der Waals surface area contributed by atoms with Crippen molar-refractivity contribution in [1.82, 2.24) is 4.90 Å². The van der Waals surface area contributed by atoms with Crippen molar-refractivity contribution in [3.63, 3.8) is 0 Å². The standard InChI is InChI=1S/C14H22N2O2/c15-12-4-6-14(7-5-12)18-11-9-16(8-10-17)13-2-1-3-13/h4-7,13,17H,1-3,8-11,15H2. The van der Waals surface area contributed by atoms with E-state index in [2.05, 4.69) is 4.90 Å². The molecule has 100 valence electrons. The average Bonchev–Trinajstić information content (AvgIpc) is 2.30. The molecule has 3 N–H and O–H groups in total. The summed E-state index contributed by atoms with van der Waals surface area (Å²) in [6.45, 7) is 2.49. The molecule has 4 nitrogen and oxygen atoms in total. The van der Waals surface area contributed by atoms with E-state index in [-0.39, 0.29) is 6.61 Å². The van der Waals surface area contributed by atoms with E-state index in [0.29, 0.717) is 12.6 Å². The number of nitrogens with two attached hydrogens (primary N) is 1. The number of rotatable bonds is 7. The van der Waals surface area contributed by atoms with Crippen LogP contribution in [0.1, 0.15) is 19.3 Å². The summed E-state index contributed by atoms with van der Waals surface area (Å²) in [4.78, 5) is 2.32. The van der Waals surface area contributed by atoms with Crippen LogP contribution in [-0.4, -0.2) is 42.4 Å². The Morgan fingerprint density at radius 3 is 2.50 bits per heavy atom. The zero-order valence-corrected chi connectivity index (χ0v) is 10.7. The molecule has 0 spiro atoms. The van der Waals surface area contributed by atoms with E-state index >= 15 is 0 Å². The quantitative estimate of drug-likeness (QED) is 0.720. The Kier molecular flexibility index (Phi) is 4.84. The van der Waals surface area contributed by atoms with Crippen LogP contribution in [0.5, 0.6) is 5.75 Å². The molecule has 1 saturated carbocycles. The van der Waals surface area contributed by atoms with Gasteiger partial charge in [0, 0.05) is 24.8 Å². The molecule has 1 aliphatic rings. The third-order valence-corrected chi connectivity index (χ3v) is 3.51. The first-order valence-corrected chi connectivity index (χ1v) is 6.63. The Morgan fingerprint density at radius 1 is 1.22 bits per heavy atom. The number of nitrogens with zero attached hydrogens (tertiary/aromatic N) is 1. The molecule has 0 heterocycles. The molecule has 2 rings (SSSR count). The fraction of sp³-hybridized carbons (Fsp3) is 0.571. The number of aliphatic hydroxyl groups excluding tert-OH is 1. The highest BCUT2D eigenvalue weighted by molar-refractivity contribution is 5.41. The van der Waals surface area contributed by atoms with Gasteiger partial charge in [0.1, 0.15) is 12.4 Å². The maximum atomic E-state index is 9.06. The Bertz CT molecular complexity index is 349. The summed E-state index contributed by atoms with van der Waals surface area (Å²) in [5.41, 5.74) is 6.37. The van der Waals surface area contributed by atoms with Crippen LogP contribution >= 0.6 is 0 Å². The minimum Gasteiger partial charge on any atom is -0.492 e. The summed E-state index contributed by atoms with van der Waals surface area (Å²) in [5, 5.41) is 9.06. The number of hydrogen-bond donors (Lipinski definition) is 2. The van der Waals surface area contributed by atoms with Crippen molar-refractivity contribution in [3.8, 4) is 5.75 Å². The summed E-state index contributed by atoms with van der Waals surface area (Å²) in [6.07, 6.45) is 3.81. The van der Waals surface area contributed by atoms with Crippen molar-refractivity contribution in [2.24, 2.45) is 0 Å². The van der Waals surface area contributed by atoms with Crippen molar-refractivity contribution >= 4 is 5.69 Å². The van der Waals surface area contributed by atoms with Gasteiger partial charge in [0.25, 0.3) is 0 Å². The van der Waals surface area contributed by atoms with Crippen LogP contribution in [0.25, 0.3) is 0 Å². The van der Waals surface area contributed by atoms with E-state index in [1.807, 2.05) is 24.3 Å². The molecular weight excluding hydrogens is 228 g/mol. The first kappa shape index (κ1) is 13.2. The highest BCUT2D eigenvalue weighted by Gasteiger charge is 2.24. The highest BCUT2D eigenvalue weighted by atomic mass is 16.5. The van der Waals surface area contributed by atoms with E-state index in [4.69, 9.17) is 15.6 Å². The predicted molar refractivity (Wildman–Crippen MR) is 72.6 cm³/mol. The molecule has 0 radical (unpaired) electrons. The second kappa shape index (κ2) is 6.61. The van der Waals surface area contributed by atoms with Gasteiger partial charge in [-0.1, -0.05) is 6.42 Å². The van der Waals surface area contributed by atoms with Gasteiger partial charge < -0.3 is 15.6 Å². The molecular formula is C14H22N2O2. The summed E-state index contributed by atoms with van der Waals surface area (Å²) < 4.78 is 5.68. The topological polar surface area (TPSA) is 58.7 Å². The van der Waals surface area contributed by atoms with Crippen LogP contribution in [0.2, 0.25) is 0 Å². The molecule has 0 aromatic heterocycles. The van der Waals surface area contributed by atoms with Crippen molar-refractivity contribution < 1.29 is 9.84 Å². The average molecular weight is 250 g/mol. The zero-order valence-electron chi connectivity index (χ0n) is 10.7. The predicted octanol–water partition coefficient (Wildman–Crippen LogP) is 1.49. The second-order valence-corrected chi connectivity index (χ2v) is 4.76. The van der Waals surface area contributed by atoms with Gasteiger partial charge in [-0.25, -0.2) is 0 Å². The monoisotopic (exact) mass is 250 g/mol. The molecule has 0 bridgehead atoms. The lowest BCUT2D eigenvalue weighted by molar-refractivity contribution is 0.0860. The third kappa shape index (κ3) is 3.62. The molecule has 0 aliphatic heterocycles. The van der Waals surface area contributed by atoms with E-state index in [1.54, 1.807) is 0 Å². The number of hydrogen-bond acceptors (Lipinski definition) is 4. The minimum absolute atomic E-state index is 0.221. The van der Waals surface area contributed by atoms with Crippen molar-refractivity contribution in [2.45, 2.75) is 25.3 Å². The maximum absolute atomic E-state index is 9.06. The van der Waals surface area contributed by atoms with E-state index in [1.165, 1.54) is 19.3 Å². The van der Waals surface area contributed by atoms with Gasteiger partial charge in [0.05, 0.1) is 6.61 Å². The van der Waals surface area contributed by atoms with Crippen LogP contribution in [-0.2, 0) is 0 Å². The van der Waals surface area contributed by atoms with Crippen LogP contribution in [0.3, 0.4) is 0 Å². The molecule has 0 atom stereocenters. The molecule has 18 heavy (non-hydrogen) atoms. The van der Waals surface area contributed by atoms with Crippen LogP contribution in [0, 0.1) is 0 Å². The smallest absolute Gasteiger partial charge is 0.119 e. The van der Waals surface area contributed by atoms with Gasteiger partial charge in [0.15, 0.2) is 0 Å². The summed E-state index contributed by atoms with van der Waals surface area (Å²) in [6, 6.07) is 8.09. The highest BCUT2D eigenvalue weighted by Crippen LogP contribution is 2.24. The second-order valence-electron chi connectivity index (χ2n) is 4.76. The minimum atomic E-state index is 0.221. The van der Waals surface area contributed by atoms with E-state index < -0.39 is 0 Å². The SMILES string of the molecule is Nc1ccc(OCCN(CCO)C2CCC2)cc1. The van der Waals surface area contributed by atoms with Crippen LogP contribution < -0.4 is 10.5 Å². The molecule has 0 amide bonds. The lowest BCUT2D eigenvalue weighted by Gasteiger charge is -2.37. The number of aliphatic hydroxyl groups is 1. The van der Waals surface area contributed by atoms with Gasteiger partial charge in [-0.2, -0.15) is 0 Å².